The number of nitrogens with zero attached hydrogens (tertiary/aromatic N) is 1. The Morgan fingerprint density at radius 1 is 1.46 bits per heavy atom. The van der Waals surface area contributed by atoms with Crippen LogP contribution in [-0.2, 0) is 14.8 Å². The second kappa shape index (κ2) is 6.00. The average Bonchev–Trinajstić information content (AvgIpc) is 3.23. The highest BCUT2D eigenvalue weighted by Gasteiger charge is 2.63. The quantitative estimate of drug-likeness (QED) is 0.852. The first-order valence-electron chi connectivity index (χ1n) is 8.87. The van der Waals surface area contributed by atoms with Crippen LogP contribution in [0.3, 0.4) is 0 Å². The summed E-state index contributed by atoms with van der Waals surface area (Å²) in [5, 5.41) is 2.90. The van der Waals surface area contributed by atoms with E-state index in [1.54, 1.807) is 13.0 Å². The van der Waals surface area contributed by atoms with Crippen LogP contribution in [0.5, 0.6) is 0 Å². The van der Waals surface area contributed by atoms with Crippen molar-refractivity contribution < 1.29 is 22.3 Å². The molecular formula is C18H23FN2O4S. The molecule has 142 valence electrons. The number of hydrogen-bond donors (Lipinski definition) is 1. The lowest BCUT2D eigenvalue weighted by molar-refractivity contribution is 0.00801. The summed E-state index contributed by atoms with van der Waals surface area (Å²) in [6, 6.07) is 4.46. The molecule has 0 radical (unpaired) electrons. The predicted molar refractivity (Wildman–Crippen MR) is 93.7 cm³/mol. The number of hydrogen-bond acceptors (Lipinski definition) is 4. The van der Waals surface area contributed by atoms with Crippen molar-refractivity contribution in [1.82, 2.24) is 9.62 Å². The fourth-order valence-electron chi connectivity index (χ4n) is 4.83. The number of ether oxygens (including phenoxy) is 1. The smallest absolute Gasteiger partial charge is 0.251 e. The highest BCUT2D eigenvalue weighted by atomic mass is 32.2. The summed E-state index contributed by atoms with van der Waals surface area (Å²) in [5.41, 5.74) is 0.250. The molecule has 4 rings (SSSR count). The second-order valence-corrected chi connectivity index (χ2v) is 9.69. The molecule has 8 heteroatoms. The minimum Gasteiger partial charge on any atom is -0.370 e. The van der Waals surface area contributed by atoms with Gasteiger partial charge in [0.25, 0.3) is 5.91 Å². The fourth-order valence-corrected chi connectivity index (χ4v) is 5.72. The van der Waals surface area contributed by atoms with Crippen molar-refractivity contribution in [3.63, 3.8) is 0 Å². The van der Waals surface area contributed by atoms with Gasteiger partial charge in [-0.3, -0.25) is 4.79 Å². The van der Waals surface area contributed by atoms with Gasteiger partial charge in [0, 0.05) is 37.0 Å². The van der Waals surface area contributed by atoms with Crippen LogP contribution in [0.15, 0.2) is 18.2 Å². The summed E-state index contributed by atoms with van der Waals surface area (Å²) in [4.78, 5) is 12.5. The predicted octanol–water partition coefficient (Wildman–Crippen LogP) is 1.30. The minimum absolute atomic E-state index is 0.0515. The second-order valence-electron chi connectivity index (χ2n) is 7.71. The van der Waals surface area contributed by atoms with Gasteiger partial charge in [-0.2, -0.15) is 4.31 Å². The van der Waals surface area contributed by atoms with E-state index >= 15 is 0 Å². The van der Waals surface area contributed by atoms with E-state index in [4.69, 9.17) is 4.74 Å². The Morgan fingerprint density at radius 3 is 2.96 bits per heavy atom. The summed E-state index contributed by atoms with van der Waals surface area (Å²) in [7, 11) is -3.26. The number of sulfonamides is 1. The fraction of sp³-hybridized carbons (Fsp3) is 0.611. The monoisotopic (exact) mass is 382 g/mol. The number of carbonyl (C=O) groups excluding carboxylic acids is 1. The SMILES string of the molecule is Cc1c(F)cccc1C(=O)NC[C@H]1[C@H]2CN(S(C)(=O)=O)C[C@]23CC[C@H]1O3. The van der Waals surface area contributed by atoms with Crippen LogP contribution in [0.25, 0.3) is 0 Å². The number of nitrogens with one attached hydrogen (secondary N) is 1. The van der Waals surface area contributed by atoms with Gasteiger partial charge in [0.1, 0.15) is 5.82 Å². The Labute approximate surface area is 152 Å². The van der Waals surface area contributed by atoms with Crippen molar-refractivity contribution in [2.75, 3.05) is 25.9 Å². The van der Waals surface area contributed by atoms with E-state index in [2.05, 4.69) is 5.32 Å². The van der Waals surface area contributed by atoms with Gasteiger partial charge in [-0.05, 0) is 37.5 Å². The highest BCUT2D eigenvalue weighted by molar-refractivity contribution is 7.88. The third-order valence-corrected chi connectivity index (χ3v) is 7.45. The molecule has 1 aromatic rings. The third-order valence-electron chi connectivity index (χ3n) is 6.23. The van der Waals surface area contributed by atoms with Crippen LogP contribution in [-0.4, -0.2) is 56.2 Å². The average molecular weight is 382 g/mol. The maximum Gasteiger partial charge on any atom is 0.251 e. The van der Waals surface area contributed by atoms with Crippen molar-refractivity contribution in [3.8, 4) is 0 Å². The lowest BCUT2D eigenvalue weighted by Crippen LogP contribution is -2.42. The molecular weight excluding hydrogens is 359 g/mol. The molecule has 3 aliphatic rings. The molecule has 4 atom stereocenters. The van der Waals surface area contributed by atoms with Gasteiger partial charge in [-0.25, -0.2) is 12.8 Å². The zero-order valence-corrected chi connectivity index (χ0v) is 15.7. The van der Waals surface area contributed by atoms with Gasteiger partial charge in [-0.1, -0.05) is 6.07 Å². The Morgan fingerprint density at radius 2 is 2.23 bits per heavy atom. The van der Waals surface area contributed by atoms with E-state index in [-0.39, 0.29) is 23.8 Å². The Bertz CT molecular complexity index is 859. The summed E-state index contributed by atoms with van der Waals surface area (Å²) in [5.74, 6) is -0.547. The van der Waals surface area contributed by atoms with Crippen LogP contribution in [0, 0.1) is 24.6 Å². The van der Waals surface area contributed by atoms with Gasteiger partial charge < -0.3 is 10.1 Å². The molecule has 0 aromatic heterocycles. The first-order chi connectivity index (χ1) is 12.2. The molecule has 2 bridgehead atoms. The molecule has 26 heavy (non-hydrogen) atoms. The Balaban J connectivity index is 1.48. The van der Waals surface area contributed by atoms with Crippen LogP contribution in [0.2, 0.25) is 0 Å². The molecule has 0 saturated carbocycles. The minimum atomic E-state index is -3.26. The van der Waals surface area contributed by atoms with Crippen molar-refractivity contribution in [2.45, 2.75) is 31.5 Å². The standard InChI is InChI=1S/C18H23FN2O4S/c1-11-12(4-3-5-15(11)19)17(22)20-8-13-14-9-21(26(2,23)24)10-18(14)7-6-16(13)25-18/h3-5,13-14,16H,6-10H2,1-2H3,(H,20,22)/t13-,14+,16+,18+/m0/s1. The van der Waals surface area contributed by atoms with Gasteiger partial charge in [0.2, 0.25) is 10.0 Å². The maximum absolute atomic E-state index is 13.7. The van der Waals surface area contributed by atoms with Crippen LogP contribution in [0.4, 0.5) is 4.39 Å². The number of rotatable bonds is 4. The molecule has 6 nitrogen and oxygen atoms in total. The van der Waals surface area contributed by atoms with E-state index < -0.39 is 21.4 Å². The summed E-state index contributed by atoms with van der Waals surface area (Å²) < 4.78 is 45.2. The number of benzene rings is 1. The molecule has 3 saturated heterocycles. The largest absolute Gasteiger partial charge is 0.370 e. The molecule has 0 unspecified atom stereocenters. The number of carbonyl (C=O) groups is 1. The Kier molecular flexibility index (Phi) is 4.13. The van der Waals surface area contributed by atoms with E-state index in [0.717, 1.165) is 12.8 Å². The number of fused-ring (bicyclic) bond motifs is 1. The van der Waals surface area contributed by atoms with E-state index in [1.165, 1.54) is 22.7 Å². The third kappa shape index (κ3) is 2.75. The van der Waals surface area contributed by atoms with E-state index in [0.29, 0.717) is 30.8 Å². The molecule has 1 spiro atoms. The summed E-state index contributed by atoms with van der Waals surface area (Å²) in [6.45, 7) is 2.83. The van der Waals surface area contributed by atoms with Gasteiger partial charge in [-0.15, -0.1) is 0 Å². The van der Waals surface area contributed by atoms with Crippen molar-refractivity contribution in [2.24, 2.45) is 11.8 Å². The van der Waals surface area contributed by atoms with Crippen molar-refractivity contribution in [3.05, 3.63) is 35.1 Å². The topological polar surface area (TPSA) is 75.7 Å². The zero-order valence-electron chi connectivity index (χ0n) is 14.9. The molecule has 1 N–H and O–H groups in total. The molecule has 3 aliphatic heterocycles. The zero-order chi connectivity index (χ0) is 18.7. The van der Waals surface area contributed by atoms with Crippen molar-refractivity contribution in [1.29, 1.82) is 0 Å². The maximum atomic E-state index is 13.7. The van der Waals surface area contributed by atoms with Crippen LogP contribution >= 0.6 is 0 Å². The van der Waals surface area contributed by atoms with Crippen molar-refractivity contribution >= 4 is 15.9 Å². The van der Waals surface area contributed by atoms with E-state index in [1.807, 2.05) is 0 Å². The lowest BCUT2D eigenvalue weighted by atomic mass is 9.73. The van der Waals surface area contributed by atoms with Gasteiger partial charge in [0.15, 0.2) is 0 Å². The lowest BCUT2D eigenvalue weighted by Gasteiger charge is -2.29. The van der Waals surface area contributed by atoms with Gasteiger partial charge in [0.05, 0.1) is 18.0 Å². The molecule has 3 heterocycles. The Hall–Kier alpha value is -1.51. The normalized spacial score (nSPS) is 33.4. The van der Waals surface area contributed by atoms with Crippen LogP contribution in [0.1, 0.15) is 28.8 Å². The number of amides is 1. The highest BCUT2D eigenvalue weighted by Crippen LogP contribution is 2.55. The molecule has 1 aromatic carbocycles. The summed E-state index contributed by atoms with van der Waals surface area (Å²) in [6.07, 6.45) is 3.02. The molecule has 0 aliphatic carbocycles. The van der Waals surface area contributed by atoms with E-state index in [9.17, 15) is 17.6 Å². The molecule has 3 fully saturated rings. The van der Waals surface area contributed by atoms with Crippen LogP contribution < -0.4 is 5.32 Å². The number of halogens is 1. The molecule has 1 amide bonds. The first kappa shape index (κ1) is 17.9. The first-order valence-corrected chi connectivity index (χ1v) is 10.7. The van der Waals surface area contributed by atoms with Gasteiger partial charge >= 0.3 is 0 Å². The summed E-state index contributed by atoms with van der Waals surface area (Å²) >= 11 is 0.